The largest absolute Gasteiger partial charge is 0.324 e. The number of amides is 1. The second-order valence-corrected chi connectivity index (χ2v) is 6.38. The summed E-state index contributed by atoms with van der Waals surface area (Å²) in [5.74, 6) is 0.0852. The zero-order valence-corrected chi connectivity index (χ0v) is 14.1. The van der Waals surface area contributed by atoms with Crippen molar-refractivity contribution in [2.24, 2.45) is 7.05 Å². The van der Waals surface area contributed by atoms with Crippen LogP contribution in [0.1, 0.15) is 5.56 Å². The number of carbonyl (C=O) groups is 1. The molecular formula is C15H14ClN5OS. The summed E-state index contributed by atoms with van der Waals surface area (Å²) in [6.45, 7) is 1.95. The van der Waals surface area contributed by atoms with E-state index in [1.54, 1.807) is 16.9 Å². The highest BCUT2D eigenvalue weighted by Gasteiger charge is 2.11. The average Bonchev–Trinajstić information content (AvgIpc) is 2.90. The van der Waals surface area contributed by atoms with Gasteiger partial charge in [-0.3, -0.25) is 9.48 Å². The Morgan fingerprint density at radius 3 is 3.00 bits per heavy atom. The normalized spacial score (nSPS) is 10.9. The smallest absolute Gasteiger partial charge is 0.234 e. The number of nitrogens with zero attached hydrogens (tertiary/aromatic N) is 4. The molecule has 6 nitrogen and oxygen atoms in total. The molecule has 0 saturated carbocycles. The molecule has 23 heavy (non-hydrogen) atoms. The van der Waals surface area contributed by atoms with Gasteiger partial charge in [0.15, 0.2) is 5.65 Å². The maximum atomic E-state index is 12.1. The number of anilines is 1. The predicted molar refractivity (Wildman–Crippen MR) is 91.8 cm³/mol. The zero-order chi connectivity index (χ0) is 16.4. The standard InChI is InChI=1S/C15H14ClN5OS/c1-9-3-4-12(11(16)5-9)20-13(22)7-23-15-10-6-19-21(2)14(10)17-8-18-15/h3-6,8H,7H2,1-2H3,(H,20,22). The van der Waals surface area contributed by atoms with Crippen LogP contribution in [0.25, 0.3) is 11.0 Å². The Hall–Kier alpha value is -2.12. The molecule has 0 fully saturated rings. The van der Waals surface area contributed by atoms with Gasteiger partial charge in [-0.15, -0.1) is 0 Å². The Labute approximate surface area is 142 Å². The first-order valence-electron chi connectivity index (χ1n) is 6.86. The summed E-state index contributed by atoms with van der Waals surface area (Å²) >= 11 is 7.46. The number of halogens is 1. The van der Waals surface area contributed by atoms with Gasteiger partial charge in [0.25, 0.3) is 0 Å². The highest BCUT2D eigenvalue weighted by molar-refractivity contribution is 8.00. The van der Waals surface area contributed by atoms with Crippen molar-refractivity contribution in [2.45, 2.75) is 11.9 Å². The highest BCUT2D eigenvalue weighted by Crippen LogP contribution is 2.25. The van der Waals surface area contributed by atoms with Crippen LogP contribution in [-0.4, -0.2) is 31.4 Å². The van der Waals surface area contributed by atoms with E-state index >= 15 is 0 Å². The van der Waals surface area contributed by atoms with E-state index < -0.39 is 0 Å². The number of carbonyl (C=O) groups excluding carboxylic acids is 1. The van der Waals surface area contributed by atoms with Gasteiger partial charge >= 0.3 is 0 Å². The fraction of sp³-hybridized carbons (Fsp3) is 0.200. The molecule has 3 rings (SSSR count). The van der Waals surface area contributed by atoms with Gasteiger partial charge in [0, 0.05) is 7.05 Å². The van der Waals surface area contributed by atoms with Crippen molar-refractivity contribution in [3.63, 3.8) is 0 Å². The van der Waals surface area contributed by atoms with Gasteiger partial charge in [-0.25, -0.2) is 9.97 Å². The fourth-order valence-corrected chi connectivity index (χ4v) is 3.14. The van der Waals surface area contributed by atoms with E-state index in [1.807, 2.05) is 26.1 Å². The molecule has 0 aliphatic carbocycles. The molecule has 1 amide bonds. The van der Waals surface area contributed by atoms with Crippen LogP contribution in [0.3, 0.4) is 0 Å². The van der Waals surface area contributed by atoms with Crippen LogP contribution >= 0.6 is 23.4 Å². The number of hydrogen-bond acceptors (Lipinski definition) is 5. The van der Waals surface area contributed by atoms with Gasteiger partial charge in [-0.1, -0.05) is 29.4 Å². The molecule has 0 aliphatic rings. The third-order valence-electron chi connectivity index (χ3n) is 3.23. The van der Waals surface area contributed by atoms with Crippen LogP contribution < -0.4 is 5.32 Å². The van der Waals surface area contributed by atoms with Gasteiger partial charge in [0.1, 0.15) is 11.4 Å². The van der Waals surface area contributed by atoms with E-state index in [2.05, 4.69) is 20.4 Å². The molecule has 1 aromatic carbocycles. The topological polar surface area (TPSA) is 72.7 Å². The number of rotatable bonds is 4. The Bertz CT molecular complexity index is 879. The van der Waals surface area contributed by atoms with Gasteiger partial charge in [-0.05, 0) is 24.6 Å². The summed E-state index contributed by atoms with van der Waals surface area (Å²) in [6.07, 6.45) is 3.17. The van der Waals surface area contributed by atoms with Crippen LogP contribution in [-0.2, 0) is 11.8 Å². The average molecular weight is 348 g/mol. The lowest BCUT2D eigenvalue weighted by atomic mass is 10.2. The molecule has 0 saturated heterocycles. The quantitative estimate of drug-likeness (QED) is 0.580. The van der Waals surface area contributed by atoms with Crippen molar-refractivity contribution < 1.29 is 4.79 Å². The molecule has 0 bridgehead atoms. The number of aryl methyl sites for hydroxylation is 2. The maximum absolute atomic E-state index is 12.1. The van der Waals surface area contributed by atoms with Crippen molar-refractivity contribution in [1.29, 1.82) is 0 Å². The molecule has 0 spiro atoms. The molecule has 118 valence electrons. The minimum atomic E-state index is -0.142. The van der Waals surface area contributed by atoms with E-state index in [-0.39, 0.29) is 11.7 Å². The number of hydrogen-bond donors (Lipinski definition) is 1. The van der Waals surface area contributed by atoms with Gasteiger partial charge in [0.05, 0.1) is 28.0 Å². The monoisotopic (exact) mass is 347 g/mol. The lowest BCUT2D eigenvalue weighted by Crippen LogP contribution is -2.14. The Kier molecular flexibility index (Phi) is 4.49. The summed E-state index contributed by atoms with van der Waals surface area (Å²) in [5.41, 5.74) is 2.39. The van der Waals surface area contributed by atoms with E-state index in [4.69, 9.17) is 11.6 Å². The SMILES string of the molecule is Cc1ccc(NC(=O)CSc2ncnc3c2cnn3C)c(Cl)c1. The van der Waals surface area contributed by atoms with Gasteiger partial charge in [0.2, 0.25) is 5.91 Å². The molecule has 0 radical (unpaired) electrons. The summed E-state index contributed by atoms with van der Waals surface area (Å²) in [7, 11) is 1.82. The number of benzene rings is 1. The fourth-order valence-electron chi connectivity index (χ4n) is 2.10. The molecule has 0 atom stereocenters. The zero-order valence-electron chi connectivity index (χ0n) is 12.6. The molecule has 0 aliphatic heterocycles. The van der Waals surface area contributed by atoms with Crippen molar-refractivity contribution in [3.05, 3.63) is 41.3 Å². The summed E-state index contributed by atoms with van der Waals surface area (Å²) in [4.78, 5) is 20.5. The second kappa shape index (κ2) is 6.55. The summed E-state index contributed by atoms with van der Waals surface area (Å²) in [5, 5.41) is 9.05. The summed E-state index contributed by atoms with van der Waals surface area (Å²) in [6, 6.07) is 5.51. The lowest BCUT2D eigenvalue weighted by Gasteiger charge is -2.07. The molecule has 8 heteroatoms. The minimum Gasteiger partial charge on any atom is -0.324 e. The van der Waals surface area contributed by atoms with Crippen molar-refractivity contribution in [2.75, 3.05) is 11.1 Å². The van der Waals surface area contributed by atoms with Crippen LogP contribution in [0.5, 0.6) is 0 Å². The van der Waals surface area contributed by atoms with Crippen molar-refractivity contribution in [1.82, 2.24) is 19.7 Å². The van der Waals surface area contributed by atoms with E-state index in [0.717, 1.165) is 21.6 Å². The first-order chi connectivity index (χ1) is 11.0. The van der Waals surface area contributed by atoms with Crippen molar-refractivity contribution >= 4 is 46.0 Å². The lowest BCUT2D eigenvalue weighted by molar-refractivity contribution is -0.113. The summed E-state index contributed by atoms with van der Waals surface area (Å²) < 4.78 is 1.67. The van der Waals surface area contributed by atoms with Gasteiger partial charge < -0.3 is 5.32 Å². The first-order valence-corrected chi connectivity index (χ1v) is 8.22. The number of aromatic nitrogens is 4. The third-order valence-corrected chi connectivity index (χ3v) is 4.55. The van der Waals surface area contributed by atoms with E-state index in [1.165, 1.54) is 18.1 Å². The molecule has 2 heterocycles. The number of thioether (sulfide) groups is 1. The second-order valence-electron chi connectivity index (χ2n) is 5.00. The highest BCUT2D eigenvalue weighted by atomic mass is 35.5. The Balaban J connectivity index is 1.68. The maximum Gasteiger partial charge on any atom is 0.234 e. The van der Waals surface area contributed by atoms with Gasteiger partial charge in [-0.2, -0.15) is 5.10 Å². The molecule has 1 N–H and O–H groups in total. The number of nitrogens with one attached hydrogen (secondary N) is 1. The minimum absolute atomic E-state index is 0.142. The first kappa shape index (κ1) is 15.8. The Morgan fingerprint density at radius 1 is 1.39 bits per heavy atom. The Morgan fingerprint density at radius 2 is 2.22 bits per heavy atom. The van der Waals surface area contributed by atoms with Crippen LogP contribution in [0, 0.1) is 6.92 Å². The molecule has 2 aromatic heterocycles. The van der Waals surface area contributed by atoms with E-state index in [9.17, 15) is 4.79 Å². The molecule has 0 unspecified atom stereocenters. The van der Waals surface area contributed by atoms with Crippen molar-refractivity contribution in [3.8, 4) is 0 Å². The number of fused-ring (bicyclic) bond motifs is 1. The van der Waals surface area contributed by atoms with E-state index in [0.29, 0.717) is 10.7 Å². The van der Waals surface area contributed by atoms with Crippen LogP contribution in [0.4, 0.5) is 5.69 Å². The molecular weight excluding hydrogens is 334 g/mol. The van der Waals surface area contributed by atoms with Crippen LogP contribution in [0.15, 0.2) is 35.7 Å². The third kappa shape index (κ3) is 3.46. The molecule has 3 aromatic rings. The predicted octanol–water partition coefficient (Wildman–Crippen LogP) is 3.06. The van der Waals surface area contributed by atoms with Crippen LogP contribution in [0.2, 0.25) is 5.02 Å².